The van der Waals surface area contributed by atoms with Crippen molar-refractivity contribution in [1.82, 2.24) is 10.2 Å². The van der Waals surface area contributed by atoms with Gasteiger partial charge in [0, 0.05) is 7.05 Å². The molecule has 1 heterocycles. The van der Waals surface area contributed by atoms with E-state index in [-0.39, 0.29) is 31.1 Å². The van der Waals surface area contributed by atoms with E-state index in [1.54, 1.807) is 0 Å². The predicted molar refractivity (Wildman–Crippen MR) is 72.2 cm³/mol. The third kappa shape index (κ3) is 3.50. The highest BCUT2D eigenvalue weighted by Gasteiger charge is 2.31. The quantitative estimate of drug-likeness (QED) is 0.780. The van der Waals surface area contributed by atoms with Crippen molar-refractivity contribution in [1.29, 1.82) is 0 Å². The topological polar surface area (TPSA) is 78.9 Å². The third-order valence-corrected chi connectivity index (χ3v) is 2.97. The van der Waals surface area contributed by atoms with E-state index < -0.39 is 17.6 Å². The van der Waals surface area contributed by atoms with E-state index in [0.29, 0.717) is 5.75 Å². The highest BCUT2D eigenvalue weighted by Crippen LogP contribution is 2.15. The molecule has 2 rings (SSSR count). The number of carbonyl (C=O) groups excluding carboxylic acids is 2. The van der Waals surface area contributed by atoms with E-state index in [1.807, 2.05) is 0 Å². The number of ether oxygens (including phenoxy) is 1. The number of hydrogen-bond donors (Lipinski definition) is 2. The Balaban J connectivity index is 1.77. The zero-order valence-electron chi connectivity index (χ0n) is 11.4. The lowest BCUT2D eigenvalue weighted by molar-refractivity contribution is -0.126. The molecule has 6 nitrogen and oxygen atoms in total. The monoisotopic (exact) mass is 294 g/mol. The predicted octanol–water partition coefficient (Wildman–Crippen LogP) is 0.605. The Kier molecular flexibility index (Phi) is 4.42. The molecule has 0 saturated heterocycles. The molecular weight excluding hydrogens is 279 g/mol. The molecule has 0 fully saturated rings. The van der Waals surface area contributed by atoms with Crippen LogP contribution in [0.5, 0.6) is 5.75 Å². The van der Waals surface area contributed by atoms with Crippen LogP contribution in [0.2, 0.25) is 0 Å². The molecule has 0 atom stereocenters. The first kappa shape index (κ1) is 14.8. The van der Waals surface area contributed by atoms with Crippen LogP contribution >= 0.6 is 0 Å². The second-order valence-corrected chi connectivity index (χ2v) is 4.55. The number of amides is 2. The number of aliphatic hydroxyl groups is 1. The minimum atomic E-state index is -0.567. The van der Waals surface area contributed by atoms with E-state index in [9.17, 15) is 19.1 Å². The molecule has 1 aromatic rings. The van der Waals surface area contributed by atoms with Crippen LogP contribution in [0.25, 0.3) is 0 Å². The Morgan fingerprint density at radius 3 is 2.67 bits per heavy atom. The summed E-state index contributed by atoms with van der Waals surface area (Å²) in [6, 6.07) is 5.51. The number of hydrogen-bond acceptors (Lipinski definition) is 4. The Bertz CT molecular complexity index is 583. The lowest BCUT2D eigenvalue weighted by Gasteiger charge is -2.09. The summed E-state index contributed by atoms with van der Waals surface area (Å²) < 4.78 is 18.0. The normalized spacial score (nSPS) is 14.6. The molecule has 0 saturated carbocycles. The van der Waals surface area contributed by atoms with Crippen molar-refractivity contribution in [3.05, 3.63) is 41.4 Å². The number of nitrogens with one attached hydrogen (secondary N) is 1. The van der Waals surface area contributed by atoms with E-state index >= 15 is 0 Å². The van der Waals surface area contributed by atoms with Crippen LogP contribution in [0.1, 0.15) is 0 Å². The van der Waals surface area contributed by atoms with Gasteiger partial charge in [0.1, 0.15) is 18.2 Å². The maximum atomic E-state index is 12.7. The second kappa shape index (κ2) is 6.25. The number of nitrogens with zero attached hydrogens (tertiary/aromatic N) is 1. The van der Waals surface area contributed by atoms with Crippen LogP contribution in [0, 0.1) is 5.82 Å². The molecule has 0 radical (unpaired) electrons. The fourth-order valence-electron chi connectivity index (χ4n) is 1.84. The van der Waals surface area contributed by atoms with Crippen molar-refractivity contribution < 1.29 is 23.8 Å². The molecule has 0 spiro atoms. The molecule has 0 bridgehead atoms. The Labute approximate surface area is 120 Å². The SMILES string of the molecule is CN1CC(C(=O)NCCOc2ccc(F)cc2)=C(O)C1=O. The summed E-state index contributed by atoms with van der Waals surface area (Å²) in [6.45, 7) is 0.468. The van der Waals surface area contributed by atoms with Crippen LogP contribution in [-0.4, -0.2) is 48.6 Å². The third-order valence-electron chi connectivity index (χ3n) is 2.97. The molecule has 1 aliphatic heterocycles. The largest absolute Gasteiger partial charge is 0.503 e. The van der Waals surface area contributed by atoms with Gasteiger partial charge in [-0.15, -0.1) is 0 Å². The fourth-order valence-corrected chi connectivity index (χ4v) is 1.84. The summed E-state index contributed by atoms with van der Waals surface area (Å²) in [7, 11) is 1.50. The molecule has 1 aromatic carbocycles. The Morgan fingerprint density at radius 2 is 2.10 bits per heavy atom. The van der Waals surface area contributed by atoms with Gasteiger partial charge in [0.2, 0.25) is 0 Å². The van der Waals surface area contributed by atoms with E-state index in [2.05, 4.69) is 5.32 Å². The molecule has 7 heteroatoms. The lowest BCUT2D eigenvalue weighted by atomic mass is 10.2. The Morgan fingerprint density at radius 1 is 1.43 bits per heavy atom. The van der Waals surface area contributed by atoms with E-state index in [0.717, 1.165) is 0 Å². The first-order chi connectivity index (χ1) is 9.99. The van der Waals surface area contributed by atoms with Crippen molar-refractivity contribution in [2.75, 3.05) is 26.7 Å². The zero-order valence-corrected chi connectivity index (χ0v) is 11.4. The van der Waals surface area contributed by atoms with Crippen molar-refractivity contribution >= 4 is 11.8 Å². The van der Waals surface area contributed by atoms with Gasteiger partial charge in [0.05, 0.1) is 18.7 Å². The zero-order chi connectivity index (χ0) is 15.4. The van der Waals surface area contributed by atoms with Gasteiger partial charge in [-0.2, -0.15) is 0 Å². The molecule has 0 aliphatic carbocycles. The highest BCUT2D eigenvalue weighted by atomic mass is 19.1. The summed E-state index contributed by atoms with van der Waals surface area (Å²) in [5.41, 5.74) is 0.0456. The minimum absolute atomic E-state index is 0.0456. The van der Waals surface area contributed by atoms with Crippen LogP contribution in [0.15, 0.2) is 35.6 Å². The first-order valence-electron chi connectivity index (χ1n) is 6.33. The molecule has 21 heavy (non-hydrogen) atoms. The summed E-state index contributed by atoms with van der Waals surface area (Å²) in [6.07, 6.45) is 0. The number of halogens is 1. The number of benzene rings is 1. The van der Waals surface area contributed by atoms with Crippen LogP contribution in [-0.2, 0) is 9.59 Å². The van der Waals surface area contributed by atoms with Crippen LogP contribution in [0.4, 0.5) is 4.39 Å². The molecule has 0 unspecified atom stereocenters. The van der Waals surface area contributed by atoms with Crippen molar-refractivity contribution in [3.8, 4) is 5.75 Å². The summed E-state index contributed by atoms with van der Waals surface area (Å²) in [5, 5.41) is 12.1. The number of rotatable bonds is 5. The second-order valence-electron chi connectivity index (χ2n) is 4.55. The van der Waals surface area contributed by atoms with Crippen LogP contribution < -0.4 is 10.1 Å². The molecule has 0 aromatic heterocycles. The number of aliphatic hydroxyl groups excluding tert-OH is 1. The Hall–Kier alpha value is -2.57. The first-order valence-corrected chi connectivity index (χ1v) is 6.33. The van der Waals surface area contributed by atoms with Crippen LogP contribution in [0.3, 0.4) is 0 Å². The van der Waals surface area contributed by atoms with Gasteiger partial charge in [-0.1, -0.05) is 0 Å². The van der Waals surface area contributed by atoms with Crippen molar-refractivity contribution in [3.63, 3.8) is 0 Å². The van der Waals surface area contributed by atoms with Gasteiger partial charge in [0.25, 0.3) is 11.8 Å². The number of likely N-dealkylation sites (N-methyl/N-ethyl adjacent to an activating group) is 1. The molecule has 1 aliphatic rings. The molecule has 2 amide bonds. The van der Waals surface area contributed by atoms with Crippen molar-refractivity contribution in [2.45, 2.75) is 0 Å². The van der Waals surface area contributed by atoms with Gasteiger partial charge in [0.15, 0.2) is 5.76 Å². The van der Waals surface area contributed by atoms with Gasteiger partial charge in [-0.25, -0.2) is 4.39 Å². The van der Waals surface area contributed by atoms with E-state index in [4.69, 9.17) is 4.74 Å². The summed E-state index contributed by atoms with van der Waals surface area (Å²) >= 11 is 0. The van der Waals surface area contributed by atoms with Gasteiger partial charge < -0.3 is 20.1 Å². The average Bonchev–Trinajstić information content (AvgIpc) is 2.73. The standard InChI is InChI=1S/C14H15FN2O4/c1-17-8-11(12(18)14(17)20)13(19)16-6-7-21-10-4-2-9(15)3-5-10/h2-5,18H,6-8H2,1H3,(H,16,19). The lowest BCUT2D eigenvalue weighted by Crippen LogP contribution is -2.31. The maximum Gasteiger partial charge on any atom is 0.289 e. The molecular formula is C14H15FN2O4. The number of carbonyl (C=O) groups is 2. The average molecular weight is 294 g/mol. The van der Waals surface area contributed by atoms with Crippen molar-refractivity contribution in [2.24, 2.45) is 0 Å². The van der Waals surface area contributed by atoms with E-state index in [1.165, 1.54) is 36.2 Å². The smallest absolute Gasteiger partial charge is 0.289 e. The van der Waals surface area contributed by atoms with Gasteiger partial charge in [-0.05, 0) is 24.3 Å². The van der Waals surface area contributed by atoms with Gasteiger partial charge in [-0.3, -0.25) is 9.59 Å². The van der Waals surface area contributed by atoms with Gasteiger partial charge >= 0.3 is 0 Å². The summed E-state index contributed by atoms with van der Waals surface area (Å²) in [4.78, 5) is 24.4. The highest BCUT2D eigenvalue weighted by molar-refractivity contribution is 6.06. The minimum Gasteiger partial charge on any atom is -0.503 e. The maximum absolute atomic E-state index is 12.7. The fraction of sp³-hybridized carbons (Fsp3) is 0.286. The summed E-state index contributed by atoms with van der Waals surface area (Å²) in [5.74, 6) is -1.46. The molecule has 112 valence electrons. The molecule has 2 N–H and O–H groups in total.